The van der Waals surface area contributed by atoms with Crippen LogP contribution in [0.1, 0.15) is 96.1 Å². The lowest BCUT2D eigenvalue weighted by atomic mass is 9.89. The van der Waals surface area contributed by atoms with Gasteiger partial charge in [0.05, 0.1) is 51.4 Å². The van der Waals surface area contributed by atoms with Crippen molar-refractivity contribution >= 4 is 17.1 Å². The maximum Gasteiger partial charge on any atom is 0.307 e. The van der Waals surface area contributed by atoms with E-state index in [1.807, 2.05) is 0 Å². The van der Waals surface area contributed by atoms with Gasteiger partial charge in [0.2, 0.25) is 0 Å². The fourth-order valence-electron chi connectivity index (χ4n) is 5.48. The van der Waals surface area contributed by atoms with E-state index in [0.29, 0.717) is 0 Å². The second-order valence-electron chi connectivity index (χ2n) is 11.9. The lowest BCUT2D eigenvalue weighted by molar-refractivity contribution is -0.385. The van der Waals surface area contributed by atoms with Gasteiger partial charge in [0, 0.05) is 0 Å². The highest BCUT2D eigenvalue weighted by atomic mass is 16.6. The van der Waals surface area contributed by atoms with Crippen molar-refractivity contribution in [3.8, 4) is 0 Å². The predicted molar refractivity (Wildman–Crippen MR) is 164 cm³/mol. The van der Waals surface area contributed by atoms with Crippen LogP contribution in [0.25, 0.3) is 0 Å². The summed E-state index contributed by atoms with van der Waals surface area (Å²) in [6, 6.07) is 0.393. The van der Waals surface area contributed by atoms with Crippen LogP contribution in [0.2, 0.25) is 0 Å². The van der Waals surface area contributed by atoms with Gasteiger partial charge in [-0.25, -0.2) is 0 Å². The van der Waals surface area contributed by atoms with E-state index in [-0.39, 0.29) is 47.5 Å². The summed E-state index contributed by atoms with van der Waals surface area (Å²) in [6.07, 6.45) is 18.3. The van der Waals surface area contributed by atoms with Crippen LogP contribution in [-0.2, 0) is 0 Å². The normalized spacial score (nSPS) is 25.7. The standard InChI is InChI=1S/2C9H13N3O3.C7H14O.C3H3N3O2/c2*13-9-3-1-7(2-4-9)11-6-8(5-10-11)12(14)15;1-6-2-4-7(8)5-3-6;7-6(8)3-1-4-5-2-3/h2*5-7,9,13H,1-4H2;6-8H,2-5H2,1H3;1-2H,(H,4,5). The minimum atomic E-state index is -0.510. The number of rotatable bonds is 5. The average molecular weight is 650 g/mol. The molecular formula is C28H43N9O9. The maximum absolute atomic E-state index is 10.5. The Morgan fingerprint density at radius 2 is 1.00 bits per heavy atom. The molecule has 0 amide bonds. The van der Waals surface area contributed by atoms with Gasteiger partial charge in [0.15, 0.2) is 0 Å². The number of aliphatic hydroxyl groups is 3. The number of hydrogen-bond donors (Lipinski definition) is 4. The highest BCUT2D eigenvalue weighted by Gasteiger charge is 2.24. The molecule has 3 heterocycles. The number of aromatic amines is 1. The molecule has 0 saturated heterocycles. The Morgan fingerprint density at radius 3 is 1.26 bits per heavy atom. The van der Waals surface area contributed by atoms with Crippen LogP contribution in [0.3, 0.4) is 0 Å². The van der Waals surface area contributed by atoms with E-state index < -0.39 is 14.8 Å². The highest BCUT2D eigenvalue weighted by Crippen LogP contribution is 2.30. The van der Waals surface area contributed by atoms with Crippen molar-refractivity contribution in [2.45, 2.75) is 114 Å². The van der Waals surface area contributed by atoms with Crippen molar-refractivity contribution < 1.29 is 30.1 Å². The zero-order valence-corrected chi connectivity index (χ0v) is 25.8. The maximum atomic E-state index is 10.5. The zero-order valence-electron chi connectivity index (χ0n) is 25.8. The van der Waals surface area contributed by atoms with Crippen LogP contribution in [0, 0.1) is 36.3 Å². The zero-order chi connectivity index (χ0) is 33.6. The monoisotopic (exact) mass is 649 g/mol. The fraction of sp³-hybridized carbons (Fsp3) is 0.679. The lowest BCUT2D eigenvalue weighted by Crippen LogP contribution is -2.21. The number of aromatic nitrogens is 6. The predicted octanol–water partition coefficient (Wildman–Crippen LogP) is 4.41. The van der Waals surface area contributed by atoms with Crippen molar-refractivity contribution in [2.75, 3.05) is 0 Å². The second-order valence-corrected chi connectivity index (χ2v) is 11.9. The third kappa shape index (κ3) is 11.9. The van der Waals surface area contributed by atoms with Crippen molar-refractivity contribution in [2.24, 2.45) is 5.92 Å². The molecule has 254 valence electrons. The average Bonchev–Trinajstić information content (AvgIpc) is 3.83. The number of aliphatic hydroxyl groups excluding tert-OH is 3. The Morgan fingerprint density at radius 1 is 0.630 bits per heavy atom. The molecule has 0 spiro atoms. The van der Waals surface area contributed by atoms with Gasteiger partial charge in [0.1, 0.15) is 31.0 Å². The molecule has 3 fully saturated rings. The van der Waals surface area contributed by atoms with Gasteiger partial charge < -0.3 is 15.3 Å². The minimum absolute atomic E-state index is 0.00926. The Labute approximate surface area is 264 Å². The van der Waals surface area contributed by atoms with Crippen molar-refractivity contribution in [3.05, 3.63) is 67.5 Å². The molecule has 4 N–H and O–H groups in total. The molecule has 18 nitrogen and oxygen atoms in total. The molecular weight excluding hydrogens is 606 g/mol. The number of nitrogens with zero attached hydrogens (tertiary/aromatic N) is 8. The van der Waals surface area contributed by atoms with Crippen LogP contribution >= 0.6 is 0 Å². The van der Waals surface area contributed by atoms with Gasteiger partial charge in [-0.3, -0.25) is 44.8 Å². The summed E-state index contributed by atoms with van der Waals surface area (Å²) in [4.78, 5) is 29.3. The molecule has 0 aromatic carbocycles. The molecule has 3 aliphatic rings. The number of hydrogen-bond acceptors (Lipinski definition) is 12. The minimum Gasteiger partial charge on any atom is -0.393 e. The van der Waals surface area contributed by atoms with E-state index in [1.165, 1.54) is 43.8 Å². The first kappa shape index (κ1) is 36.2. The Kier molecular flexibility index (Phi) is 14.2. The summed E-state index contributed by atoms with van der Waals surface area (Å²) in [6.45, 7) is 2.26. The molecule has 3 saturated carbocycles. The lowest BCUT2D eigenvalue weighted by Gasteiger charge is -2.25. The van der Waals surface area contributed by atoms with Crippen LogP contribution in [0.15, 0.2) is 37.2 Å². The van der Waals surface area contributed by atoms with Crippen LogP contribution in [-0.4, -0.2) is 78.2 Å². The molecule has 6 rings (SSSR count). The molecule has 18 heteroatoms. The van der Waals surface area contributed by atoms with Crippen LogP contribution in [0.5, 0.6) is 0 Å². The van der Waals surface area contributed by atoms with E-state index in [2.05, 4.69) is 27.3 Å². The van der Waals surface area contributed by atoms with Crippen LogP contribution in [0.4, 0.5) is 17.1 Å². The number of H-pyrrole nitrogens is 1. The molecule has 0 atom stereocenters. The molecule has 3 aliphatic carbocycles. The van der Waals surface area contributed by atoms with E-state index in [1.54, 1.807) is 9.36 Å². The topological polar surface area (TPSA) is 254 Å². The van der Waals surface area contributed by atoms with E-state index in [0.717, 1.165) is 76.3 Å². The largest absolute Gasteiger partial charge is 0.393 e. The third-order valence-electron chi connectivity index (χ3n) is 8.36. The Bertz CT molecular complexity index is 1260. The summed E-state index contributed by atoms with van der Waals surface area (Å²) in [5.41, 5.74) is 0.0484. The van der Waals surface area contributed by atoms with Crippen molar-refractivity contribution in [3.63, 3.8) is 0 Å². The summed E-state index contributed by atoms with van der Waals surface area (Å²) in [5, 5.41) is 72.1. The SMILES string of the molecule is CC1CCC(O)CC1.O=[N+]([O-])c1cn[nH]c1.O=[N+]([O-])c1cnn(C2CCC(O)CC2)c1.O=[N+]([O-])c1cnn(C2CCC(O)CC2)c1. The van der Waals surface area contributed by atoms with Gasteiger partial charge in [-0.15, -0.1) is 0 Å². The number of nitrogens with one attached hydrogen (secondary N) is 1. The van der Waals surface area contributed by atoms with Crippen molar-refractivity contribution in [1.82, 2.24) is 29.8 Å². The summed E-state index contributed by atoms with van der Waals surface area (Å²) in [5.74, 6) is 0.860. The van der Waals surface area contributed by atoms with Gasteiger partial charge in [-0.1, -0.05) is 6.92 Å². The van der Waals surface area contributed by atoms with E-state index in [4.69, 9.17) is 5.11 Å². The first-order chi connectivity index (χ1) is 21.9. The highest BCUT2D eigenvalue weighted by molar-refractivity contribution is 5.22. The smallest absolute Gasteiger partial charge is 0.307 e. The molecule has 0 bridgehead atoms. The second kappa shape index (κ2) is 18.0. The molecule has 0 radical (unpaired) electrons. The molecule has 46 heavy (non-hydrogen) atoms. The summed E-state index contributed by atoms with van der Waals surface area (Å²) in [7, 11) is 0. The fourth-order valence-corrected chi connectivity index (χ4v) is 5.48. The molecule has 0 unspecified atom stereocenters. The first-order valence-corrected chi connectivity index (χ1v) is 15.5. The third-order valence-corrected chi connectivity index (χ3v) is 8.36. The van der Waals surface area contributed by atoms with Crippen molar-refractivity contribution in [1.29, 1.82) is 0 Å². The first-order valence-electron chi connectivity index (χ1n) is 15.5. The van der Waals surface area contributed by atoms with Gasteiger partial charge in [-0.05, 0) is 83.0 Å². The van der Waals surface area contributed by atoms with Gasteiger partial charge in [-0.2, -0.15) is 15.3 Å². The number of nitro groups is 3. The molecule has 0 aliphatic heterocycles. The Balaban J connectivity index is 0.000000174. The molecule has 3 aromatic heterocycles. The van der Waals surface area contributed by atoms with E-state index in [9.17, 15) is 40.6 Å². The van der Waals surface area contributed by atoms with Crippen LogP contribution < -0.4 is 0 Å². The summed E-state index contributed by atoms with van der Waals surface area (Å²) >= 11 is 0. The van der Waals surface area contributed by atoms with Gasteiger partial charge >= 0.3 is 17.1 Å². The quantitative estimate of drug-likeness (QED) is 0.221. The summed E-state index contributed by atoms with van der Waals surface area (Å²) < 4.78 is 3.29. The van der Waals surface area contributed by atoms with E-state index >= 15 is 0 Å². The van der Waals surface area contributed by atoms with Gasteiger partial charge in [0.25, 0.3) is 0 Å². The Hall–Kier alpha value is -4.29. The molecule has 3 aromatic rings.